The average Bonchev–Trinajstić information content (AvgIpc) is 3.01. The molecule has 0 saturated carbocycles. The number of H-pyrrole nitrogens is 1. The van der Waals surface area contributed by atoms with Crippen LogP contribution in [0.1, 0.15) is 24.7 Å². The number of hydrogen-bond acceptors (Lipinski definition) is 2. The number of hydrogen-bond donors (Lipinski definition) is 2. The predicted octanol–water partition coefficient (Wildman–Crippen LogP) is 1.11. The second-order valence-corrected chi connectivity index (χ2v) is 4.07. The number of rotatable bonds is 2. The molecule has 2 heterocycles. The third-order valence-electron chi connectivity index (χ3n) is 3.00. The van der Waals surface area contributed by atoms with Crippen LogP contribution >= 0.6 is 0 Å². The molecule has 3 rings (SSSR count). The first-order valence-corrected chi connectivity index (χ1v) is 5.69. The van der Waals surface area contributed by atoms with Gasteiger partial charge in [-0.25, -0.2) is 0 Å². The van der Waals surface area contributed by atoms with Crippen LogP contribution in [0.2, 0.25) is 0 Å². The molecule has 4 nitrogen and oxygen atoms in total. The number of benzene rings is 1. The number of para-hydroxylation sites is 1. The SMILES string of the molecule is c1ccc(-[n+]2[nH]cnc2[C@@H]2CCCN2)cc1. The molecule has 0 radical (unpaired) electrons. The van der Waals surface area contributed by atoms with Crippen LogP contribution in [0.15, 0.2) is 36.7 Å². The Hall–Kier alpha value is -1.68. The van der Waals surface area contributed by atoms with Crippen molar-refractivity contribution in [3.8, 4) is 5.69 Å². The first-order valence-electron chi connectivity index (χ1n) is 5.69. The van der Waals surface area contributed by atoms with E-state index >= 15 is 0 Å². The van der Waals surface area contributed by atoms with Crippen molar-refractivity contribution in [2.45, 2.75) is 18.9 Å². The van der Waals surface area contributed by atoms with Crippen LogP contribution in [0, 0.1) is 0 Å². The molecular weight excluding hydrogens is 200 g/mol. The number of nitrogens with zero attached hydrogens (tertiary/aromatic N) is 2. The third kappa shape index (κ3) is 1.61. The molecule has 0 amide bonds. The summed E-state index contributed by atoms with van der Waals surface area (Å²) in [5.41, 5.74) is 1.13. The summed E-state index contributed by atoms with van der Waals surface area (Å²) >= 11 is 0. The Balaban J connectivity index is 1.99. The molecule has 1 atom stereocenters. The van der Waals surface area contributed by atoms with Crippen molar-refractivity contribution in [1.82, 2.24) is 15.4 Å². The lowest BCUT2D eigenvalue weighted by atomic mass is 10.2. The van der Waals surface area contributed by atoms with Gasteiger partial charge in [-0.3, -0.25) is 0 Å². The second-order valence-electron chi connectivity index (χ2n) is 4.07. The van der Waals surface area contributed by atoms with Gasteiger partial charge in [0, 0.05) is 0 Å². The Bertz CT molecular complexity index is 457. The standard InChI is InChI=1S/C12H14N4/c1-2-5-10(6-3-1)16-12(14-9-15-16)11-7-4-8-13-11/h1-3,5-6,9,11,13H,4,7-8H2/p+1/t11-/m0/s1. The van der Waals surface area contributed by atoms with Crippen molar-refractivity contribution in [3.05, 3.63) is 42.5 Å². The minimum Gasteiger partial charge on any atom is -0.303 e. The third-order valence-corrected chi connectivity index (χ3v) is 3.00. The molecule has 1 aromatic heterocycles. The fourth-order valence-electron chi connectivity index (χ4n) is 2.21. The molecule has 1 aliphatic rings. The molecule has 2 N–H and O–H groups in total. The Morgan fingerprint density at radius 2 is 2.12 bits per heavy atom. The van der Waals surface area contributed by atoms with Crippen molar-refractivity contribution in [2.24, 2.45) is 0 Å². The van der Waals surface area contributed by atoms with Crippen molar-refractivity contribution >= 4 is 0 Å². The molecule has 1 aromatic carbocycles. The lowest BCUT2D eigenvalue weighted by molar-refractivity contribution is -0.666. The quantitative estimate of drug-likeness (QED) is 0.737. The van der Waals surface area contributed by atoms with Crippen molar-refractivity contribution < 1.29 is 4.68 Å². The van der Waals surface area contributed by atoms with Gasteiger partial charge in [0.2, 0.25) is 6.33 Å². The van der Waals surface area contributed by atoms with Gasteiger partial charge in [0.1, 0.15) is 6.04 Å². The molecule has 0 bridgehead atoms. The molecule has 1 aliphatic heterocycles. The van der Waals surface area contributed by atoms with Gasteiger partial charge in [-0.05, 0) is 36.5 Å². The summed E-state index contributed by atoms with van der Waals surface area (Å²) < 4.78 is 2.04. The van der Waals surface area contributed by atoms with Gasteiger partial charge in [-0.15, -0.1) is 4.68 Å². The zero-order chi connectivity index (χ0) is 10.8. The summed E-state index contributed by atoms with van der Waals surface area (Å²) in [6, 6.07) is 10.6. The lowest BCUT2D eigenvalue weighted by Gasteiger charge is -2.03. The van der Waals surface area contributed by atoms with Gasteiger partial charge in [0.15, 0.2) is 5.69 Å². The predicted molar refractivity (Wildman–Crippen MR) is 60.1 cm³/mol. The van der Waals surface area contributed by atoms with Crippen LogP contribution in [-0.2, 0) is 0 Å². The number of aromatic amines is 1. The summed E-state index contributed by atoms with van der Waals surface area (Å²) in [5.74, 6) is 1.07. The molecule has 82 valence electrons. The van der Waals surface area contributed by atoms with Gasteiger partial charge >= 0.3 is 5.82 Å². The Morgan fingerprint density at radius 3 is 2.88 bits per heavy atom. The number of aromatic nitrogens is 3. The molecular formula is C12H15N4+. The summed E-state index contributed by atoms with van der Waals surface area (Å²) in [5, 5.41) is 6.63. The van der Waals surface area contributed by atoms with Crippen LogP contribution in [0.25, 0.3) is 5.69 Å². The monoisotopic (exact) mass is 215 g/mol. The van der Waals surface area contributed by atoms with Crippen LogP contribution in [0.4, 0.5) is 0 Å². The summed E-state index contributed by atoms with van der Waals surface area (Å²) in [7, 11) is 0. The summed E-state index contributed by atoms with van der Waals surface area (Å²) in [6.45, 7) is 1.09. The van der Waals surface area contributed by atoms with Crippen LogP contribution in [0.3, 0.4) is 0 Å². The molecule has 0 unspecified atom stereocenters. The van der Waals surface area contributed by atoms with Crippen molar-refractivity contribution in [1.29, 1.82) is 0 Å². The first kappa shape index (κ1) is 9.54. The van der Waals surface area contributed by atoms with E-state index in [0.717, 1.165) is 24.5 Å². The van der Waals surface area contributed by atoms with Gasteiger partial charge in [-0.1, -0.05) is 18.2 Å². The van der Waals surface area contributed by atoms with E-state index in [4.69, 9.17) is 0 Å². The molecule has 0 spiro atoms. The zero-order valence-corrected chi connectivity index (χ0v) is 9.06. The summed E-state index contributed by atoms with van der Waals surface area (Å²) in [6.07, 6.45) is 4.15. The van der Waals surface area contributed by atoms with Crippen LogP contribution in [-0.4, -0.2) is 16.6 Å². The largest absolute Gasteiger partial charge is 0.341 e. The highest BCUT2D eigenvalue weighted by Crippen LogP contribution is 2.18. The van der Waals surface area contributed by atoms with E-state index in [1.165, 1.54) is 6.42 Å². The average molecular weight is 215 g/mol. The maximum atomic E-state index is 4.42. The topological polar surface area (TPSA) is 44.6 Å². The molecule has 4 heteroatoms. The maximum Gasteiger partial charge on any atom is 0.341 e. The minimum atomic E-state index is 0.381. The molecule has 16 heavy (non-hydrogen) atoms. The highest BCUT2D eigenvalue weighted by atomic mass is 15.3. The second kappa shape index (κ2) is 4.06. The Kier molecular flexibility index (Phi) is 2.42. The van der Waals surface area contributed by atoms with E-state index in [1.54, 1.807) is 6.33 Å². The first-order chi connectivity index (χ1) is 7.95. The van der Waals surface area contributed by atoms with E-state index in [9.17, 15) is 0 Å². The van der Waals surface area contributed by atoms with E-state index in [0.29, 0.717) is 6.04 Å². The van der Waals surface area contributed by atoms with E-state index in [2.05, 4.69) is 27.5 Å². The molecule has 0 aliphatic carbocycles. The van der Waals surface area contributed by atoms with Gasteiger partial charge in [0.05, 0.1) is 0 Å². The molecule has 2 aromatic rings. The fraction of sp³-hybridized carbons (Fsp3) is 0.333. The lowest BCUT2D eigenvalue weighted by Crippen LogP contribution is -2.39. The zero-order valence-electron chi connectivity index (χ0n) is 9.06. The Morgan fingerprint density at radius 1 is 1.25 bits per heavy atom. The van der Waals surface area contributed by atoms with Crippen LogP contribution in [0.5, 0.6) is 0 Å². The van der Waals surface area contributed by atoms with E-state index in [-0.39, 0.29) is 0 Å². The maximum absolute atomic E-state index is 4.42. The smallest absolute Gasteiger partial charge is 0.303 e. The van der Waals surface area contributed by atoms with Gasteiger partial charge < -0.3 is 5.32 Å². The van der Waals surface area contributed by atoms with Crippen molar-refractivity contribution in [3.63, 3.8) is 0 Å². The van der Waals surface area contributed by atoms with Gasteiger partial charge in [0.25, 0.3) is 0 Å². The highest BCUT2D eigenvalue weighted by molar-refractivity contribution is 5.21. The highest BCUT2D eigenvalue weighted by Gasteiger charge is 2.29. The normalized spacial score (nSPS) is 20.1. The minimum absolute atomic E-state index is 0.381. The van der Waals surface area contributed by atoms with E-state index in [1.807, 2.05) is 22.9 Å². The number of nitrogens with one attached hydrogen (secondary N) is 2. The van der Waals surface area contributed by atoms with Gasteiger partial charge in [-0.2, -0.15) is 5.10 Å². The summed E-state index contributed by atoms with van der Waals surface area (Å²) in [4.78, 5) is 4.42. The van der Waals surface area contributed by atoms with E-state index < -0.39 is 0 Å². The van der Waals surface area contributed by atoms with Crippen molar-refractivity contribution in [2.75, 3.05) is 6.54 Å². The molecule has 1 saturated heterocycles. The van der Waals surface area contributed by atoms with Crippen LogP contribution < -0.4 is 10.00 Å². The Labute approximate surface area is 94.3 Å². The molecule has 1 fully saturated rings. The fourth-order valence-corrected chi connectivity index (χ4v) is 2.21.